The molecule has 0 N–H and O–H groups in total. The second-order valence-corrected chi connectivity index (χ2v) is 6.20. The minimum Gasteiger partial charge on any atom is -0.497 e. The summed E-state index contributed by atoms with van der Waals surface area (Å²) in [6.07, 6.45) is 2.46. The summed E-state index contributed by atoms with van der Waals surface area (Å²) in [6.45, 7) is 2.17. The normalized spacial score (nSPS) is 10.7. The molecule has 1 heterocycles. The molecule has 3 aromatic rings. The van der Waals surface area contributed by atoms with E-state index in [-0.39, 0.29) is 5.91 Å². The average molecular weight is 355 g/mol. The first-order chi connectivity index (χ1) is 12.1. The number of carbonyl (C=O) groups excluding carboxylic acids is 1. The number of aromatic nitrogens is 1. The number of methoxy groups -OCH3 is 1. The third-order valence-corrected chi connectivity index (χ3v) is 4.37. The van der Waals surface area contributed by atoms with Crippen molar-refractivity contribution in [2.24, 2.45) is 0 Å². The molecule has 0 radical (unpaired) electrons. The van der Waals surface area contributed by atoms with Crippen molar-refractivity contribution in [3.8, 4) is 5.75 Å². The second-order valence-electron chi connectivity index (χ2n) is 5.76. The Hall–Kier alpha value is -2.59. The van der Waals surface area contributed by atoms with Crippen LogP contribution in [0.15, 0.2) is 54.7 Å². The Kier molecular flexibility index (Phi) is 5.19. The van der Waals surface area contributed by atoms with Crippen LogP contribution in [0.3, 0.4) is 0 Å². The summed E-state index contributed by atoms with van der Waals surface area (Å²) < 4.78 is 5.18. The van der Waals surface area contributed by atoms with Crippen LogP contribution in [-0.4, -0.2) is 24.5 Å². The van der Waals surface area contributed by atoms with Crippen LogP contribution >= 0.6 is 11.6 Å². The van der Waals surface area contributed by atoms with Gasteiger partial charge in [-0.1, -0.05) is 23.7 Å². The molecule has 0 saturated heterocycles. The smallest absolute Gasteiger partial charge is 0.223 e. The number of amides is 1. The van der Waals surface area contributed by atoms with Crippen LogP contribution in [0.25, 0.3) is 10.9 Å². The molecule has 0 atom stereocenters. The van der Waals surface area contributed by atoms with Crippen LogP contribution in [0.4, 0.5) is 5.69 Å². The molecule has 0 spiro atoms. The third-order valence-electron chi connectivity index (χ3n) is 4.14. The Morgan fingerprint density at radius 1 is 1.16 bits per heavy atom. The van der Waals surface area contributed by atoms with Crippen molar-refractivity contribution in [3.05, 3.63) is 65.3 Å². The van der Waals surface area contributed by atoms with Crippen molar-refractivity contribution in [3.63, 3.8) is 0 Å². The van der Waals surface area contributed by atoms with Gasteiger partial charge >= 0.3 is 0 Å². The van der Waals surface area contributed by atoms with Crippen LogP contribution in [0.2, 0.25) is 5.02 Å². The lowest BCUT2D eigenvalue weighted by Crippen LogP contribution is -2.30. The minimum absolute atomic E-state index is 0.00374. The Morgan fingerprint density at radius 3 is 2.60 bits per heavy atom. The summed E-state index contributed by atoms with van der Waals surface area (Å²) in [5.41, 5.74) is 2.77. The van der Waals surface area contributed by atoms with Gasteiger partial charge in [-0.25, -0.2) is 0 Å². The number of anilines is 1. The van der Waals surface area contributed by atoms with E-state index in [0.717, 1.165) is 34.3 Å². The first kappa shape index (κ1) is 17.2. The molecule has 0 aliphatic carbocycles. The van der Waals surface area contributed by atoms with Crippen LogP contribution in [-0.2, 0) is 11.2 Å². The standard InChI is InChI=1S/C20H19ClN2O2/c1-14(24)23(12-10-15-3-6-17(25-2)7-4-15)20-9-11-22-19-13-16(21)5-8-18(19)20/h3-9,11,13H,10,12H2,1-2H3. The van der Waals surface area contributed by atoms with Gasteiger partial charge < -0.3 is 9.64 Å². The zero-order chi connectivity index (χ0) is 17.8. The Balaban J connectivity index is 1.87. The zero-order valence-corrected chi connectivity index (χ0v) is 15.0. The first-order valence-corrected chi connectivity index (χ1v) is 8.41. The van der Waals surface area contributed by atoms with Crippen molar-refractivity contribution in [1.29, 1.82) is 0 Å². The average Bonchev–Trinajstić information content (AvgIpc) is 2.62. The lowest BCUT2D eigenvalue weighted by molar-refractivity contribution is -0.116. The van der Waals surface area contributed by atoms with E-state index in [9.17, 15) is 4.79 Å². The van der Waals surface area contributed by atoms with E-state index >= 15 is 0 Å². The highest BCUT2D eigenvalue weighted by Gasteiger charge is 2.15. The highest BCUT2D eigenvalue weighted by atomic mass is 35.5. The van der Waals surface area contributed by atoms with Gasteiger partial charge in [0.05, 0.1) is 18.3 Å². The number of fused-ring (bicyclic) bond motifs is 1. The quantitative estimate of drug-likeness (QED) is 0.677. The first-order valence-electron chi connectivity index (χ1n) is 8.04. The monoisotopic (exact) mass is 354 g/mol. The topological polar surface area (TPSA) is 42.4 Å². The van der Waals surface area contributed by atoms with Crippen molar-refractivity contribution >= 4 is 34.1 Å². The lowest BCUT2D eigenvalue weighted by Gasteiger charge is -2.23. The third kappa shape index (κ3) is 3.91. The molecule has 1 amide bonds. The molecule has 0 aliphatic rings. The van der Waals surface area contributed by atoms with Crippen molar-refractivity contribution < 1.29 is 9.53 Å². The van der Waals surface area contributed by atoms with E-state index in [1.165, 1.54) is 0 Å². The zero-order valence-electron chi connectivity index (χ0n) is 14.2. The van der Waals surface area contributed by atoms with Crippen molar-refractivity contribution in [2.75, 3.05) is 18.6 Å². The highest BCUT2D eigenvalue weighted by Crippen LogP contribution is 2.28. The number of hydrogen-bond acceptors (Lipinski definition) is 3. The molecule has 3 rings (SSSR count). The summed E-state index contributed by atoms with van der Waals surface area (Å²) in [5.74, 6) is 0.820. The molecule has 0 aliphatic heterocycles. The molecule has 0 bridgehead atoms. The Morgan fingerprint density at radius 2 is 1.92 bits per heavy atom. The minimum atomic E-state index is -0.00374. The summed E-state index contributed by atoms with van der Waals surface area (Å²) in [5, 5.41) is 1.54. The molecule has 4 nitrogen and oxygen atoms in total. The Bertz CT molecular complexity index is 894. The van der Waals surface area contributed by atoms with Gasteiger partial charge in [0, 0.05) is 30.1 Å². The van der Waals surface area contributed by atoms with E-state index in [0.29, 0.717) is 11.6 Å². The number of pyridine rings is 1. The van der Waals surface area contributed by atoms with Gasteiger partial charge in [-0.2, -0.15) is 0 Å². The molecule has 25 heavy (non-hydrogen) atoms. The van der Waals surface area contributed by atoms with Gasteiger partial charge in [0.25, 0.3) is 0 Å². The number of nitrogens with zero attached hydrogens (tertiary/aromatic N) is 2. The van der Waals surface area contributed by atoms with Gasteiger partial charge in [0.15, 0.2) is 0 Å². The lowest BCUT2D eigenvalue weighted by atomic mass is 10.1. The molecule has 1 aromatic heterocycles. The van der Waals surface area contributed by atoms with E-state index in [1.54, 1.807) is 25.1 Å². The Labute approximate surface area is 152 Å². The van der Waals surface area contributed by atoms with Gasteiger partial charge in [-0.15, -0.1) is 0 Å². The maximum Gasteiger partial charge on any atom is 0.223 e. The summed E-state index contributed by atoms with van der Waals surface area (Å²) >= 11 is 6.05. The molecule has 2 aromatic carbocycles. The molecule has 5 heteroatoms. The van der Waals surface area contributed by atoms with E-state index in [2.05, 4.69) is 4.98 Å². The largest absolute Gasteiger partial charge is 0.497 e. The van der Waals surface area contributed by atoms with Crippen molar-refractivity contribution in [2.45, 2.75) is 13.3 Å². The second kappa shape index (κ2) is 7.53. The van der Waals surface area contributed by atoms with E-state index in [4.69, 9.17) is 16.3 Å². The van der Waals surface area contributed by atoms with E-state index < -0.39 is 0 Å². The molecule has 0 saturated carbocycles. The predicted octanol–water partition coefficient (Wildman–Crippen LogP) is 4.49. The summed E-state index contributed by atoms with van der Waals surface area (Å²) in [7, 11) is 1.65. The SMILES string of the molecule is COc1ccc(CCN(C(C)=O)c2ccnc3cc(Cl)ccc23)cc1. The van der Waals surface area contributed by atoms with Crippen LogP contribution in [0.5, 0.6) is 5.75 Å². The maximum absolute atomic E-state index is 12.2. The summed E-state index contributed by atoms with van der Waals surface area (Å²) in [4.78, 5) is 18.4. The van der Waals surface area contributed by atoms with Gasteiger partial charge in [0.2, 0.25) is 5.91 Å². The number of hydrogen-bond donors (Lipinski definition) is 0. The van der Waals surface area contributed by atoms with Gasteiger partial charge in [-0.3, -0.25) is 9.78 Å². The predicted molar refractivity (Wildman–Crippen MR) is 101 cm³/mol. The maximum atomic E-state index is 12.2. The van der Waals surface area contributed by atoms with E-state index in [1.807, 2.05) is 48.5 Å². The summed E-state index contributed by atoms with van der Waals surface area (Å²) in [6, 6.07) is 15.3. The molecule has 0 fully saturated rings. The van der Waals surface area contributed by atoms with Crippen LogP contribution in [0.1, 0.15) is 12.5 Å². The van der Waals surface area contributed by atoms with Crippen LogP contribution < -0.4 is 9.64 Å². The van der Waals surface area contributed by atoms with Crippen LogP contribution in [0, 0.1) is 0 Å². The number of rotatable bonds is 5. The van der Waals surface area contributed by atoms with Gasteiger partial charge in [-0.05, 0) is 48.4 Å². The van der Waals surface area contributed by atoms with Gasteiger partial charge in [0.1, 0.15) is 5.75 Å². The number of benzene rings is 2. The highest BCUT2D eigenvalue weighted by molar-refractivity contribution is 6.31. The number of ether oxygens (including phenoxy) is 1. The fourth-order valence-electron chi connectivity index (χ4n) is 2.82. The number of halogens is 1. The molecule has 0 unspecified atom stereocenters. The molecule has 128 valence electrons. The fourth-order valence-corrected chi connectivity index (χ4v) is 2.99. The molecular weight excluding hydrogens is 336 g/mol. The fraction of sp³-hybridized carbons (Fsp3) is 0.200. The van der Waals surface area contributed by atoms with Crippen molar-refractivity contribution in [1.82, 2.24) is 4.98 Å². The number of carbonyl (C=O) groups is 1. The molecular formula is C20H19ClN2O2.